The molecule has 0 N–H and O–H groups in total. The zero-order valence-corrected chi connectivity index (χ0v) is 13.1. The number of Topliss-reactive ketones (excluding diaryl/α,β-unsaturated/α-hetero) is 1. The summed E-state index contributed by atoms with van der Waals surface area (Å²) in [4.78, 5) is 10.2. The molecule has 1 aromatic rings. The van der Waals surface area contributed by atoms with E-state index in [1.807, 2.05) is 13.8 Å². The Labute approximate surface area is 114 Å². The van der Waals surface area contributed by atoms with Gasteiger partial charge in [-0.3, -0.25) is 4.79 Å². The highest BCUT2D eigenvalue weighted by atomic mass is 79.9. The van der Waals surface area contributed by atoms with Crippen molar-refractivity contribution in [2.45, 2.75) is 52.9 Å². The van der Waals surface area contributed by atoms with Gasteiger partial charge < -0.3 is 0 Å². The fourth-order valence-corrected chi connectivity index (χ4v) is 1.46. The van der Waals surface area contributed by atoms with Crippen LogP contribution in [-0.4, -0.2) is 5.78 Å². The van der Waals surface area contributed by atoms with E-state index < -0.39 is 0 Å². The highest BCUT2D eigenvalue weighted by Crippen LogP contribution is 2.23. The lowest BCUT2D eigenvalue weighted by Gasteiger charge is -2.18. The third-order valence-electron chi connectivity index (χ3n) is 2.50. The third kappa shape index (κ3) is 7.32. The normalized spacial score (nSPS) is 10.5. The van der Waals surface area contributed by atoms with Gasteiger partial charge in [-0.05, 0) is 23.1 Å². The van der Waals surface area contributed by atoms with Crippen molar-refractivity contribution in [2.75, 3.05) is 0 Å². The predicted octanol–water partition coefficient (Wildman–Crippen LogP) is 5.12. The van der Waals surface area contributed by atoms with E-state index in [4.69, 9.17) is 0 Å². The summed E-state index contributed by atoms with van der Waals surface area (Å²) < 4.78 is 1.14. The standard InChI is InChI=1S/C10H13Br.C5H10O/c1-10(2,3)8-4-6-9(11)7-5-8;1-3-5(6)4-2/h4-7H,1-3H3;3-4H2,1-2H3. The van der Waals surface area contributed by atoms with Gasteiger partial charge in [-0.25, -0.2) is 0 Å². The smallest absolute Gasteiger partial charge is 0.132 e. The van der Waals surface area contributed by atoms with Crippen molar-refractivity contribution >= 4 is 21.7 Å². The second kappa shape index (κ2) is 7.65. The first kappa shape index (κ1) is 16.4. The first-order chi connectivity index (χ1) is 7.81. The van der Waals surface area contributed by atoms with E-state index in [0.29, 0.717) is 18.6 Å². The van der Waals surface area contributed by atoms with Crippen LogP contribution in [0.1, 0.15) is 53.0 Å². The topological polar surface area (TPSA) is 17.1 Å². The van der Waals surface area contributed by atoms with Gasteiger partial charge in [0.05, 0.1) is 0 Å². The van der Waals surface area contributed by atoms with Gasteiger partial charge in [-0.1, -0.05) is 62.7 Å². The lowest BCUT2D eigenvalue weighted by atomic mass is 9.87. The van der Waals surface area contributed by atoms with E-state index in [9.17, 15) is 4.79 Å². The Morgan fingerprint density at radius 3 is 1.71 bits per heavy atom. The van der Waals surface area contributed by atoms with Crippen molar-refractivity contribution in [1.29, 1.82) is 0 Å². The average molecular weight is 299 g/mol. The largest absolute Gasteiger partial charge is 0.300 e. The van der Waals surface area contributed by atoms with E-state index >= 15 is 0 Å². The molecule has 17 heavy (non-hydrogen) atoms. The Morgan fingerprint density at radius 1 is 1.06 bits per heavy atom. The second-order valence-electron chi connectivity index (χ2n) is 5.00. The molecule has 0 bridgehead atoms. The minimum absolute atomic E-state index is 0.265. The van der Waals surface area contributed by atoms with Crippen LogP contribution in [0.25, 0.3) is 0 Å². The van der Waals surface area contributed by atoms with Crippen LogP contribution in [0.15, 0.2) is 28.7 Å². The first-order valence-electron chi connectivity index (χ1n) is 6.09. The molecule has 0 heterocycles. The van der Waals surface area contributed by atoms with Crippen molar-refractivity contribution < 1.29 is 4.79 Å². The Bertz CT molecular complexity index is 327. The quantitative estimate of drug-likeness (QED) is 0.740. The molecule has 1 nitrogen and oxygen atoms in total. The van der Waals surface area contributed by atoms with E-state index in [1.54, 1.807) is 0 Å². The first-order valence-corrected chi connectivity index (χ1v) is 6.88. The van der Waals surface area contributed by atoms with Crippen molar-refractivity contribution in [3.63, 3.8) is 0 Å². The predicted molar refractivity (Wildman–Crippen MR) is 78.4 cm³/mol. The summed E-state index contributed by atoms with van der Waals surface area (Å²) in [7, 11) is 0. The van der Waals surface area contributed by atoms with Crippen LogP contribution in [0.2, 0.25) is 0 Å². The molecule has 0 saturated carbocycles. The maximum absolute atomic E-state index is 10.2. The van der Waals surface area contributed by atoms with E-state index in [1.165, 1.54) is 5.56 Å². The molecule has 1 rings (SSSR count). The molecule has 0 amide bonds. The molecule has 0 atom stereocenters. The van der Waals surface area contributed by atoms with Gasteiger partial charge in [0, 0.05) is 17.3 Å². The highest BCUT2D eigenvalue weighted by molar-refractivity contribution is 9.10. The van der Waals surface area contributed by atoms with Crippen molar-refractivity contribution in [3.05, 3.63) is 34.3 Å². The molecule has 96 valence electrons. The third-order valence-corrected chi connectivity index (χ3v) is 3.03. The summed E-state index contributed by atoms with van der Waals surface area (Å²) in [6.07, 6.45) is 1.38. The van der Waals surface area contributed by atoms with E-state index in [-0.39, 0.29) is 5.41 Å². The van der Waals surface area contributed by atoms with Crippen molar-refractivity contribution in [1.82, 2.24) is 0 Å². The summed E-state index contributed by atoms with van der Waals surface area (Å²) in [6, 6.07) is 8.48. The molecule has 0 fully saturated rings. The molecule has 0 aliphatic heterocycles. The maximum atomic E-state index is 10.2. The molecule has 0 spiro atoms. The molecule has 0 saturated heterocycles. The minimum Gasteiger partial charge on any atom is -0.300 e. The van der Waals surface area contributed by atoms with Crippen LogP contribution >= 0.6 is 15.9 Å². The molecule has 2 heteroatoms. The van der Waals surface area contributed by atoms with Gasteiger partial charge in [0.1, 0.15) is 5.78 Å². The summed E-state index contributed by atoms with van der Waals surface area (Å²) in [5.74, 6) is 0.343. The summed E-state index contributed by atoms with van der Waals surface area (Å²) in [5.41, 5.74) is 1.64. The molecule has 0 aliphatic carbocycles. The fourth-order valence-electron chi connectivity index (χ4n) is 1.20. The van der Waals surface area contributed by atoms with Gasteiger partial charge in [0.25, 0.3) is 0 Å². The lowest BCUT2D eigenvalue weighted by molar-refractivity contribution is -0.118. The molecule has 0 radical (unpaired) electrons. The number of hydrogen-bond acceptors (Lipinski definition) is 1. The molecular formula is C15H23BrO. The SMILES string of the molecule is CC(C)(C)c1ccc(Br)cc1.CCC(=O)CC. The number of benzene rings is 1. The number of halogens is 1. The maximum Gasteiger partial charge on any atom is 0.132 e. The number of carbonyl (C=O) groups is 1. The number of rotatable bonds is 2. The number of hydrogen-bond donors (Lipinski definition) is 0. The zero-order valence-electron chi connectivity index (χ0n) is 11.5. The minimum atomic E-state index is 0.265. The number of ketones is 1. The van der Waals surface area contributed by atoms with Gasteiger partial charge in [0.2, 0.25) is 0 Å². The van der Waals surface area contributed by atoms with Crippen LogP contribution < -0.4 is 0 Å². The van der Waals surface area contributed by atoms with Crippen LogP contribution in [0.5, 0.6) is 0 Å². The highest BCUT2D eigenvalue weighted by Gasteiger charge is 2.12. The Kier molecular flexibility index (Phi) is 7.37. The van der Waals surface area contributed by atoms with Crippen LogP contribution in [0.4, 0.5) is 0 Å². The average Bonchev–Trinajstić information content (AvgIpc) is 2.28. The molecule has 0 aromatic heterocycles. The lowest BCUT2D eigenvalue weighted by Crippen LogP contribution is -2.10. The summed E-state index contributed by atoms with van der Waals surface area (Å²) in [5, 5.41) is 0. The second-order valence-corrected chi connectivity index (χ2v) is 5.92. The Morgan fingerprint density at radius 2 is 1.47 bits per heavy atom. The van der Waals surface area contributed by atoms with Crippen molar-refractivity contribution in [2.24, 2.45) is 0 Å². The van der Waals surface area contributed by atoms with Gasteiger partial charge in [-0.2, -0.15) is 0 Å². The fraction of sp³-hybridized carbons (Fsp3) is 0.533. The van der Waals surface area contributed by atoms with Crippen LogP contribution in [-0.2, 0) is 10.2 Å². The van der Waals surface area contributed by atoms with E-state index in [2.05, 4.69) is 61.0 Å². The van der Waals surface area contributed by atoms with Gasteiger partial charge in [0.15, 0.2) is 0 Å². The van der Waals surface area contributed by atoms with Crippen LogP contribution in [0.3, 0.4) is 0 Å². The number of carbonyl (C=O) groups excluding carboxylic acids is 1. The summed E-state index contributed by atoms with van der Waals surface area (Å²) >= 11 is 3.41. The Hall–Kier alpha value is -0.630. The molecule has 0 aliphatic rings. The Balaban J connectivity index is 0.000000366. The molecule has 0 unspecified atom stereocenters. The van der Waals surface area contributed by atoms with Gasteiger partial charge >= 0.3 is 0 Å². The molecular weight excluding hydrogens is 276 g/mol. The van der Waals surface area contributed by atoms with Gasteiger partial charge in [-0.15, -0.1) is 0 Å². The van der Waals surface area contributed by atoms with Crippen molar-refractivity contribution in [3.8, 4) is 0 Å². The molecule has 1 aromatic carbocycles. The summed E-state index contributed by atoms with van der Waals surface area (Å²) in [6.45, 7) is 10.4. The monoisotopic (exact) mass is 298 g/mol. The van der Waals surface area contributed by atoms with E-state index in [0.717, 1.165) is 4.47 Å². The van der Waals surface area contributed by atoms with Crippen LogP contribution in [0, 0.1) is 0 Å². The zero-order chi connectivity index (χ0) is 13.5.